The van der Waals surface area contributed by atoms with Crippen molar-refractivity contribution in [1.82, 2.24) is 14.9 Å². The lowest BCUT2D eigenvalue weighted by Gasteiger charge is -2.09. The van der Waals surface area contributed by atoms with Crippen molar-refractivity contribution >= 4 is 23.4 Å². The van der Waals surface area contributed by atoms with Gasteiger partial charge in [-0.15, -0.1) is 10.2 Å². The molecule has 1 aromatic heterocycles. The summed E-state index contributed by atoms with van der Waals surface area (Å²) >= 11 is 1.26. The standard InChI is InChI=1S/C19H21N5OS/c1-3-14-9-5-7-11-16(14)21-17(25)12-26-19-23-22-18(24(19)20)15-10-6-4-8-13(15)2/h4-11H,3,12,20H2,1-2H3,(H,21,25). The second-order valence-corrected chi connectivity index (χ2v) is 6.78. The molecule has 0 bridgehead atoms. The Morgan fingerprint density at radius 2 is 1.88 bits per heavy atom. The van der Waals surface area contributed by atoms with Gasteiger partial charge in [-0.05, 0) is 30.5 Å². The maximum Gasteiger partial charge on any atom is 0.234 e. The number of nitrogen functional groups attached to an aromatic ring is 1. The minimum Gasteiger partial charge on any atom is -0.335 e. The fourth-order valence-corrected chi connectivity index (χ4v) is 3.31. The Morgan fingerprint density at radius 1 is 1.15 bits per heavy atom. The molecule has 1 heterocycles. The molecule has 0 aliphatic carbocycles. The van der Waals surface area contributed by atoms with Crippen molar-refractivity contribution in [2.24, 2.45) is 0 Å². The van der Waals surface area contributed by atoms with Crippen LogP contribution < -0.4 is 11.2 Å². The molecule has 0 aliphatic heterocycles. The van der Waals surface area contributed by atoms with Crippen LogP contribution in [0.15, 0.2) is 53.7 Å². The summed E-state index contributed by atoms with van der Waals surface area (Å²) in [5, 5.41) is 11.7. The number of para-hydroxylation sites is 1. The van der Waals surface area contributed by atoms with Crippen molar-refractivity contribution in [2.45, 2.75) is 25.4 Å². The minimum atomic E-state index is -0.101. The minimum absolute atomic E-state index is 0.101. The molecule has 26 heavy (non-hydrogen) atoms. The zero-order chi connectivity index (χ0) is 18.5. The Kier molecular flexibility index (Phi) is 5.58. The van der Waals surface area contributed by atoms with Crippen LogP contribution in [0.3, 0.4) is 0 Å². The summed E-state index contributed by atoms with van der Waals surface area (Å²) in [6.45, 7) is 4.05. The molecule has 0 radical (unpaired) electrons. The first-order valence-corrected chi connectivity index (χ1v) is 9.35. The molecule has 3 aromatic rings. The van der Waals surface area contributed by atoms with Crippen molar-refractivity contribution in [2.75, 3.05) is 16.9 Å². The number of hydrogen-bond donors (Lipinski definition) is 2. The first-order chi connectivity index (χ1) is 12.6. The van der Waals surface area contributed by atoms with E-state index < -0.39 is 0 Å². The van der Waals surface area contributed by atoms with E-state index in [-0.39, 0.29) is 11.7 Å². The molecule has 0 unspecified atom stereocenters. The van der Waals surface area contributed by atoms with Gasteiger partial charge in [-0.2, -0.15) is 0 Å². The highest BCUT2D eigenvalue weighted by Crippen LogP contribution is 2.24. The third-order valence-corrected chi connectivity index (χ3v) is 5.00. The van der Waals surface area contributed by atoms with Gasteiger partial charge in [0.1, 0.15) is 0 Å². The highest BCUT2D eigenvalue weighted by atomic mass is 32.2. The number of carbonyl (C=O) groups is 1. The highest BCUT2D eigenvalue weighted by Gasteiger charge is 2.15. The first-order valence-electron chi connectivity index (χ1n) is 8.37. The van der Waals surface area contributed by atoms with Crippen LogP contribution in [0.2, 0.25) is 0 Å². The van der Waals surface area contributed by atoms with Gasteiger partial charge in [0.2, 0.25) is 11.1 Å². The zero-order valence-electron chi connectivity index (χ0n) is 14.8. The number of hydrogen-bond acceptors (Lipinski definition) is 5. The van der Waals surface area contributed by atoms with Crippen LogP contribution in [0.25, 0.3) is 11.4 Å². The van der Waals surface area contributed by atoms with E-state index in [0.717, 1.165) is 28.8 Å². The van der Waals surface area contributed by atoms with Crippen molar-refractivity contribution in [3.8, 4) is 11.4 Å². The second kappa shape index (κ2) is 8.05. The summed E-state index contributed by atoms with van der Waals surface area (Å²) in [4.78, 5) is 12.3. The maximum absolute atomic E-state index is 12.3. The molecular formula is C19H21N5OS. The Morgan fingerprint density at radius 3 is 2.65 bits per heavy atom. The summed E-state index contributed by atoms with van der Waals surface area (Å²) in [6, 6.07) is 15.6. The van der Waals surface area contributed by atoms with Gasteiger partial charge < -0.3 is 11.2 Å². The Bertz CT molecular complexity index is 922. The lowest BCUT2D eigenvalue weighted by molar-refractivity contribution is -0.113. The lowest BCUT2D eigenvalue weighted by Crippen LogP contribution is -2.17. The number of nitrogens with one attached hydrogen (secondary N) is 1. The number of amides is 1. The fraction of sp³-hybridized carbons (Fsp3) is 0.211. The van der Waals surface area contributed by atoms with Crippen molar-refractivity contribution < 1.29 is 4.79 Å². The van der Waals surface area contributed by atoms with E-state index >= 15 is 0 Å². The molecule has 0 fully saturated rings. The van der Waals surface area contributed by atoms with Gasteiger partial charge in [0.25, 0.3) is 0 Å². The second-order valence-electron chi connectivity index (χ2n) is 5.84. The van der Waals surface area contributed by atoms with E-state index in [2.05, 4.69) is 22.4 Å². The average molecular weight is 367 g/mol. The quantitative estimate of drug-likeness (QED) is 0.516. The molecule has 134 valence electrons. The summed E-state index contributed by atoms with van der Waals surface area (Å²) < 4.78 is 1.43. The largest absolute Gasteiger partial charge is 0.335 e. The van der Waals surface area contributed by atoms with Crippen LogP contribution >= 0.6 is 11.8 Å². The third-order valence-electron chi connectivity index (χ3n) is 4.06. The molecule has 0 atom stereocenters. The van der Waals surface area contributed by atoms with Crippen LogP contribution in [0, 0.1) is 6.92 Å². The van der Waals surface area contributed by atoms with E-state index in [1.807, 2.05) is 55.5 Å². The normalized spacial score (nSPS) is 10.7. The molecule has 0 saturated heterocycles. The number of aromatic nitrogens is 3. The van der Waals surface area contributed by atoms with Crippen LogP contribution in [-0.2, 0) is 11.2 Å². The summed E-state index contributed by atoms with van der Waals surface area (Å²) in [6.07, 6.45) is 0.862. The molecule has 6 nitrogen and oxygen atoms in total. The third kappa shape index (κ3) is 3.88. The molecule has 0 aliphatic rings. The van der Waals surface area contributed by atoms with Crippen molar-refractivity contribution in [3.05, 3.63) is 59.7 Å². The molecule has 0 saturated carbocycles. The van der Waals surface area contributed by atoms with Gasteiger partial charge in [-0.1, -0.05) is 61.2 Å². The number of nitrogens with zero attached hydrogens (tertiary/aromatic N) is 3. The number of aryl methyl sites for hydroxylation is 2. The van der Waals surface area contributed by atoms with Gasteiger partial charge in [0.05, 0.1) is 5.75 Å². The predicted octanol–water partition coefficient (Wildman–Crippen LogP) is 3.26. The van der Waals surface area contributed by atoms with E-state index in [4.69, 9.17) is 5.84 Å². The average Bonchev–Trinajstić information content (AvgIpc) is 3.01. The Labute approximate surface area is 156 Å². The zero-order valence-corrected chi connectivity index (χ0v) is 15.6. The topological polar surface area (TPSA) is 85.8 Å². The number of carbonyl (C=O) groups excluding carboxylic acids is 1. The van der Waals surface area contributed by atoms with Crippen LogP contribution in [0.1, 0.15) is 18.1 Å². The van der Waals surface area contributed by atoms with Crippen molar-refractivity contribution in [3.63, 3.8) is 0 Å². The van der Waals surface area contributed by atoms with Gasteiger partial charge in [0, 0.05) is 11.3 Å². The fourth-order valence-electron chi connectivity index (χ4n) is 2.65. The maximum atomic E-state index is 12.3. The number of thioether (sulfide) groups is 1. The Balaban J connectivity index is 1.67. The molecule has 7 heteroatoms. The molecule has 3 rings (SSSR count). The molecule has 2 aromatic carbocycles. The summed E-state index contributed by atoms with van der Waals surface area (Å²) in [5.74, 6) is 6.82. The van der Waals surface area contributed by atoms with Crippen LogP contribution in [-0.4, -0.2) is 26.5 Å². The SMILES string of the molecule is CCc1ccccc1NC(=O)CSc1nnc(-c2ccccc2C)n1N. The number of nitrogens with two attached hydrogens (primary N) is 1. The molecule has 0 spiro atoms. The van der Waals surface area contributed by atoms with Gasteiger partial charge >= 0.3 is 0 Å². The lowest BCUT2D eigenvalue weighted by atomic mass is 10.1. The number of anilines is 1. The van der Waals surface area contributed by atoms with Gasteiger partial charge in [-0.25, -0.2) is 4.68 Å². The molecule has 3 N–H and O–H groups in total. The first kappa shape index (κ1) is 18.0. The van der Waals surface area contributed by atoms with Gasteiger partial charge in [-0.3, -0.25) is 4.79 Å². The predicted molar refractivity (Wildman–Crippen MR) is 106 cm³/mol. The number of benzene rings is 2. The van der Waals surface area contributed by atoms with E-state index in [0.29, 0.717) is 11.0 Å². The molecule has 1 amide bonds. The van der Waals surface area contributed by atoms with Crippen LogP contribution in [0.5, 0.6) is 0 Å². The van der Waals surface area contributed by atoms with Crippen molar-refractivity contribution in [1.29, 1.82) is 0 Å². The van der Waals surface area contributed by atoms with Gasteiger partial charge in [0.15, 0.2) is 5.82 Å². The number of rotatable bonds is 6. The van der Waals surface area contributed by atoms with Crippen LogP contribution in [0.4, 0.5) is 5.69 Å². The van der Waals surface area contributed by atoms with E-state index in [9.17, 15) is 4.79 Å². The Hall–Kier alpha value is -2.80. The monoisotopic (exact) mass is 367 g/mol. The smallest absolute Gasteiger partial charge is 0.234 e. The highest BCUT2D eigenvalue weighted by molar-refractivity contribution is 7.99. The molecular weight excluding hydrogens is 346 g/mol. The summed E-state index contributed by atoms with van der Waals surface area (Å²) in [7, 11) is 0. The van der Waals surface area contributed by atoms with E-state index in [1.54, 1.807) is 0 Å². The van der Waals surface area contributed by atoms with E-state index in [1.165, 1.54) is 16.4 Å². The summed E-state index contributed by atoms with van der Waals surface area (Å²) in [5.41, 5.74) is 3.94.